The highest BCUT2D eigenvalue weighted by atomic mass is 35.5. The molecule has 2 aromatic rings. The van der Waals surface area contributed by atoms with Crippen LogP contribution < -0.4 is 10.1 Å². The topological polar surface area (TPSA) is 59.4 Å². The Balaban J connectivity index is 0.00000288. The van der Waals surface area contributed by atoms with Gasteiger partial charge in [0.25, 0.3) is 0 Å². The van der Waals surface area contributed by atoms with E-state index in [4.69, 9.17) is 4.74 Å². The average Bonchev–Trinajstić information content (AvgIpc) is 2.96. The zero-order valence-electron chi connectivity index (χ0n) is 14.5. The van der Waals surface area contributed by atoms with Crippen LogP contribution in [0.3, 0.4) is 0 Å². The average molecular weight is 353 g/mol. The molecule has 0 aliphatic carbocycles. The Morgan fingerprint density at radius 2 is 2.12 bits per heavy atom. The van der Waals surface area contributed by atoms with Gasteiger partial charge >= 0.3 is 0 Å². The molecule has 1 N–H and O–H groups in total. The van der Waals surface area contributed by atoms with E-state index in [1.807, 2.05) is 44.4 Å². The summed E-state index contributed by atoms with van der Waals surface area (Å²) in [6, 6.07) is 7.38. The second kappa shape index (κ2) is 9.30. The summed E-state index contributed by atoms with van der Waals surface area (Å²) in [6.07, 6.45) is 3.56. The Bertz CT molecular complexity index is 660. The number of nitrogens with one attached hydrogen (secondary N) is 1. The lowest BCUT2D eigenvalue weighted by atomic mass is 10.1. The quantitative estimate of drug-likeness (QED) is 0.829. The van der Waals surface area contributed by atoms with Gasteiger partial charge in [0.1, 0.15) is 11.8 Å². The van der Waals surface area contributed by atoms with Crippen molar-refractivity contribution in [2.24, 2.45) is 7.05 Å². The van der Waals surface area contributed by atoms with Gasteiger partial charge < -0.3 is 15.0 Å². The number of benzene rings is 1. The third-order valence-electron chi connectivity index (χ3n) is 3.65. The monoisotopic (exact) mass is 352 g/mol. The van der Waals surface area contributed by atoms with E-state index in [1.165, 1.54) is 0 Å². The minimum absolute atomic E-state index is 0. The molecule has 0 aliphatic rings. The Morgan fingerprint density at radius 3 is 2.71 bits per heavy atom. The molecule has 0 spiro atoms. The smallest absolute Gasteiger partial charge is 0.244 e. The van der Waals surface area contributed by atoms with Crippen LogP contribution in [0.1, 0.15) is 24.1 Å². The van der Waals surface area contributed by atoms with Crippen LogP contribution in [0, 0.1) is 0 Å². The highest BCUT2D eigenvalue weighted by molar-refractivity contribution is 5.85. The zero-order chi connectivity index (χ0) is 16.8. The molecule has 6 nitrogen and oxygen atoms in total. The minimum atomic E-state index is -0.409. The van der Waals surface area contributed by atoms with Crippen LogP contribution >= 0.6 is 12.4 Å². The van der Waals surface area contributed by atoms with Crippen molar-refractivity contribution in [1.29, 1.82) is 0 Å². The number of halogens is 1. The van der Waals surface area contributed by atoms with E-state index in [-0.39, 0.29) is 18.3 Å². The van der Waals surface area contributed by atoms with Gasteiger partial charge in [0.05, 0.1) is 12.8 Å². The number of nitrogens with zero attached hydrogens (tertiary/aromatic N) is 3. The molecule has 132 valence electrons. The molecule has 1 aromatic carbocycles. The third-order valence-corrected chi connectivity index (χ3v) is 3.65. The predicted molar refractivity (Wildman–Crippen MR) is 96.3 cm³/mol. The number of carbonyl (C=O) groups is 1. The van der Waals surface area contributed by atoms with E-state index in [0.29, 0.717) is 13.2 Å². The van der Waals surface area contributed by atoms with Gasteiger partial charge in [-0.2, -0.15) is 5.10 Å². The van der Waals surface area contributed by atoms with Crippen LogP contribution in [-0.4, -0.2) is 41.3 Å². The number of para-hydroxylation sites is 1. The number of aryl methyl sites for hydroxylation is 1. The summed E-state index contributed by atoms with van der Waals surface area (Å²) in [5.74, 6) is 0.809. The molecule has 7 heteroatoms. The second-order valence-corrected chi connectivity index (χ2v) is 5.40. The maximum atomic E-state index is 12.7. The summed E-state index contributed by atoms with van der Waals surface area (Å²) in [4.78, 5) is 14.4. The molecule has 0 saturated carbocycles. The maximum Gasteiger partial charge on any atom is 0.244 e. The first-order chi connectivity index (χ1) is 11.1. The van der Waals surface area contributed by atoms with Gasteiger partial charge in [0.2, 0.25) is 5.91 Å². The van der Waals surface area contributed by atoms with E-state index in [9.17, 15) is 4.79 Å². The molecule has 0 bridgehead atoms. The zero-order valence-corrected chi connectivity index (χ0v) is 15.3. The van der Waals surface area contributed by atoms with Crippen molar-refractivity contribution in [2.75, 3.05) is 20.7 Å². The molecule has 1 atom stereocenters. The van der Waals surface area contributed by atoms with Gasteiger partial charge in [-0.05, 0) is 20.0 Å². The van der Waals surface area contributed by atoms with Crippen molar-refractivity contribution in [1.82, 2.24) is 20.0 Å². The Kier molecular flexibility index (Phi) is 7.74. The molecule has 0 saturated heterocycles. The Hall–Kier alpha value is -2.05. The molecule has 1 amide bonds. The maximum absolute atomic E-state index is 12.7. The first-order valence-corrected chi connectivity index (χ1v) is 7.68. The van der Waals surface area contributed by atoms with Crippen LogP contribution in [0.15, 0.2) is 36.7 Å². The van der Waals surface area contributed by atoms with Crippen LogP contribution in [0.5, 0.6) is 5.75 Å². The Labute approximate surface area is 149 Å². The van der Waals surface area contributed by atoms with E-state index in [0.717, 1.165) is 16.9 Å². The normalized spacial score (nSPS) is 11.5. The van der Waals surface area contributed by atoms with Crippen LogP contribution in [0.2, 0.25) is 0 Å². The number of hydrogen-bond donors (Lipinski definition) is 1. The van der Waals surface area contributed by atoms with Gasteiger partial charge in [-0.1, -0.05) is 18.2 Å². The van der Waals surface area contributed by atoms with Gasteiger partial charge in [-0.3, -0.25) is 9.48 Å². The standard InChI is InChI=1S/C17H24N4O2.ClH/c1-5-23-15-9-7-6-8-13(15)11-20(3)17(22)16(18-2)14-10-19-21(4)12-14;/h6-10,12,16,18H,5,11H2,1-4H3;1H. The number of carbonyl (C=O) groups excluding carboxylic acids is 1. The number of aromatic nitrogens is 2. The molecule has 0 aliphatic heterocycles. The lowest BCUT2D eigenvalue weighted by Gasteiger charge is -2.24. The highest BCUT2D eigenvalue weighted by Gasteiger charge is 2.24. The van der Waals surface area contributed by atoms with Crippen molar-refractivity contribution in [3.8, 4) is 5.75 Å². The highest BCUT2D eigenvalue weighted by Crippen LogP contribution is 2.21. The molecule has 2 rings (SSSR count). The molecule has 1 unspecified atom stereocenters. The molecular formula is C17H25ClN4O2. The number of likely N-dealkylation sites (N-methyl/N-ethyl adjacent to an activating group) is 2. The predicted octanol–water partition coefficient (Wildman–Crippen LogP) is 2.16. The fourth-order valence-electron chi connectivity index (χ4n) is 2.51. The van der Waals surface area contributed by atoms with Crippen LogP contribution in [0.25, 0.3) is 0 Å². The first-order valence-electron chi connectivity index (χ1n) is 7.68. The van der Waals surface area contributed by atoms with Gasteiger partial charge in [-0.25, -0.2) is 0 Å². The molecule has 0 fully saturated rings. The number of amides is 1. The molecule has 1 aromatic heterocycles. The number of ether oxygens (including phenoxy) is 1. The fourth-order valence-corrected chi connectivity index (χ4v) is 2.51. The molecule has 24 heavy (non-hydrogen) atoms. The minimum Gasteiger partial charge on any atom is -0.494 e. The van der Waals surface area contributed by atoms with E-state index >= 15 is 0 Å². The van der Waals surface area contributed by atoms with Gasteiger partial charge in [0, 0.05) is 38.0 Å². The van der Waals surface area contributed by atoms with Crippen molar-refractivity contribution in [3.63, 3.8) is 0 Å². The lowest BCUT2D eigenvalue weighted by Crippen LogP contribution is -2.37. The summed E-state index contributed by atoms with van der Waals surface area (Å²) in [5.41, 5.74) is 1.84. The van der Waals surface area contributed by atoms with Crippen molar-refractivity contribution in [2.45, 2.75) is 19.5 Å². The molecular weight excluding hydrogens is 328 g/mol. The van der Waals surface area contributed by atoms with Crippen molar-refractivity contribution >= 4 is 18.3 Å². The number of hydrogen-bond acceptors (Lipinski definition) is 4. The summed E-state index contributed by atoms with van der Waals surface area (Å²) in [7, 11) is 5.41. The van der Waals surface area contributed by atoms with Crippen LogP contribution in [-0.2, 0) is 18.4 Å². The fraction of sp³-hybridized carbons (Fsp3) is 0.412. The van der Waals surface area contributed by atoms with Gasteiger partial charge in [-0.15, -0.1) is 12.4 Å². The van der Waals surface area contributed by atoms with E-state index in [2.05, 4.69) is 10.4 Å². The number of rotatable bonds is 7. The lowest BCUT2D eigenvalue weighted by molar-refractivity contribution is -0.132. The first kappa shape index (κ1) is 20.0. The summed E-state index contributed by atoms with van der Waals surface area (Å²) in [5, 5.41) is 7.20. The Morgan fingerprint density at radius 1 is 1.42 bits per heavy atom. The second-order valence-electron chi connectivity index (χ2n) is 5.40. The summed E-state index contributed by atoms with van der Waals surface area (Å²) in [6.45, 7) is 3.04. The van der Waals surface area contributed by atoms with E-state index < -0.39 is 6.04 Å². The van der Waals surface area contributed by atoms with Crippen molar-refractivity contribution in [3.05, 3.63) is 47.8 Å². The third kappa shape index (κ3) is 4.72. The van der Waals surface area contributed by atoms with Crippen molar-refractivity contribution < 1.29 is 9.53 Å². The molecule has 0 radical (unpaired) electrons. The van der Waals surface area contributed by atoms with E-state index in [1.54, 1.807) is 29.9 Å². The largest absolute Gasteiger partial charge is 0.494 e. The molecule has 1 heterocycles. The summed E-state index contributed by atoms with van der Waals surface area (Å²) < 4.78 is 7.32. The summed E-state index contributed by atoms with van der Waals surface area (Å²) >= 11 is 0. The van der Waals surface area contributed by atoms with Crippen LogP contribution in [0.4, 0.5) is 0 Å². The SMILES string of the molecule is CCOc1ccccc1CN(C)C(=O)C(NC)c1cnn(C)c1.Cl. The van der Waals surface area contributed by atoms with Gasteiger partial charge in [0.15, 0.2) is 0 Å².